The molecule has 0 saturated carbocycles. The van der Waals surface area contributed by atoms with Gasteiger partial charge in [0.25, 0.3) is 0 Å². The van der Waals surface area contributed by atoms with E-state index in [2.05, 4.69) is 10.2 Å². The van der Waals surface area contributed by atoms with Crippen LogP contribution in [0, 0.1) is 12.7 Å². The summed E-state index contributed by atoms with van der Waals surface area (Å²) >= 11 is 0. The van der Waals surface area contributed by atoms with E-state index in [1.165, 1.54) is 12.1 Å². The summed E-state index contributed by atoms with van der Waals surface area (Å²) < 4.78 is 12.9. The number of rotatable bonds is 1. The van der Waals surface area contributed by atoms with E-state index in [-0.39, 0.29) is 5.82 Å². The minimum absolute atomic E-state index is 0.257. The Bertz CT molecular complexity index is 455. The van der Waals surface area contributed by atoms with Crippen LogP contribution in [0.3, 0.4) is 0 Å². The number of hydrogen-bond donors (Lipinski definition) is 0. The van der Waals surface area contributed by atoms with Crippen molar-refractivity contribution in [1.82, 2.24) is 10.2 Å². The smallest absolute Gasteiger partial charge is 0.123 e. The number of benzene rings is 1. The van der Waals surface area contributed by atoms with Gasteiger partial charge in [-0.15, -0.1) is 0 Å². The first-order valence-corrected chi connectivity index (χ1v) is 4.31. The molecule has 2 rings (SSSR count). The zero-order valence-electron chi connectivity index (χ0n) is 7.74. The van der Waals surface area contributed by atoms with Crippen LogP contribution in [-0.4, -0.2) is 10.2 Å². The molecule has 0 radical (unpaired) electrons. The minimum Gasteiger partial charge on any atom is -0.207 e. The zero-order chi connectivity index (χ0) is 9.97. The third-order valence-electron chi connectivity index (χ3n) is 2.02. The monoisotopic (exact) mass is 188 g/mol. The fourth-order valence-electron chi connectivity index (χ4n) is 1.32. The van der Waals surface area contributed by atoms with Crippen molar-refractivity contribution in [1.29, 1.82) is 0 Å². The molecule has 2 nitrogen and oxygen atoms in total. The molecule has 2 aromatic rings. The van der Waals surface area contributed by atoms with Crippen LogP contribution in [0.15, 0.2) is 36.5 Å². The second-order valence-electron chi connectivity index (χ2n) is 3.07. The molecule has 0 amide bonds. The van der Waals surface area contributed by atoms with E-state index >= 15 is 0 Å². The number of aromatic nitrogens is 2. The molecule has 70 valence electrons. The Kier molecular flexibility index (Phi) is 2.23. The number of aryl methyl sites for hydroxylation is 1. The maximum Gasteiger partial charge on any atom is 0.123 e. The topological polar surface area (TPSA) is 25.8 Å². The summed E-state index contributed by atoms with van der Waals surface area (Å²) in [5.41, 5.74) is 2.48. The highest BCUT2D eigenvalue weighted by Crippen LogP contribution is 2.19. The predicted octanol–water partition coefficient (Wildman–Crippen LogP) is 2.59. The van der Waals surface area contributed by atoms with E-state index in [9.17, 15) is 4.39 Å². The molecule has 1 aromatic heterocycles. The van der Waals surface area contributed by atoms with Gasteiger partial charge in [-0.2, -0.15) is 10.2 Å². The number of nitrogens with zero attached hydrogens (tertiary/aromatic N) is 2. The first-order chi connectivity index (χ1) is 6.77. The lowest BCUT2D eigenvalue weighted by Gasteiger charge is -2.02. The van der Waals surface area contributed by atoms with E-state index in [4.69, 9.17) is 0 Å². The second-order valence-corrected chi connectivity index (χ2v) is 3.07. The van der Waals surface area contributed by atoms with Crippen molar-refractivity contribution in [2.75, 3.05) is 0 Å². The quantitative estimate of drug-likeness (QED) is 0.687. The summed E-state index contributed by atoms with van der Waals surface area (Å²) in [4.78, 5) is 0. The van der Waals surface area contributed by atoms with Crippen LogP contribution in [0.25, 0.3) is 11.3 Å². The zero-order valence-corrected chi connectivity index (χ0v) is 7.74. The molecule has 0 fully saturated rings. The average molecular weight is 188 g/mol. The van der Waals surface area contributed by atoms with Gasteiger partial charge in [0.1, 0.15) is 5.82 Å². The first kappa shape index (κ1) is 8.81. The van der Waals surface area contributed by atoms with Crippen LogP contribution in [0.5, 0.6) is 0 Å². The Morgan fingerprint density at radius 2 is 2.07 bits per heavy atom. The molecule has 0 atom stereocenters. The number of hydrogen-bond acceptors (Lipinski definition) is 2. The Morgan fingerprint density at radius 1 is 1.21 bits per heavy atom. The van der Waals surface area contributed by atoms with E-state index < -0.39 is 0 Å². The Labute approximate surface area is 81.4 Å². The van der Waals surface area contributed by atoms with Crippen molar-refractivity contribution >= 4 is 0 Å². The summed E-state index contributed by atoms with van der Waals surface area (Å²) in [6.45, 7) is 1.93. The van der Waals surface area contributed by atoms with Crippen molar-refractivity contribution in [2.45, 2.75) is 6.92 Å². The minimum atomic E-state index is -0.257. The summed E-state index contributed by atoms with van der Waals surface area (Å²) in [5.74, 6) is -0.257. The van der Waals surface area contributed by atoms with Crippen LogP contribution >= 0.6 is 0 Å². The second kappa shape index (κ2) is 3.54. The highest BCUT2D eigenvalue weighted by atomic mass is 19.1. The molecule has 0 saturated heterocycles. The third-order valence-corrected chi connectivity index (χ3v) is 2.02. The third kappa shape index (κ3) is 1.62. The average Bonchev–Trinajstić information content (AvgIpc) is 2.18. The van der Waals surface area contributed by atoms with Crippen molar-refractivity contribution < 1.29 is 4.39 Å². The Morgan fingerprint density at radius 3 is 2.79 bits per heavy atom. The van der Waals surface area contributed by atoms with Gasteiger partial charge in [-0.3, -0.25) is 0 Å². The van der Waals surface area contributed by atoms with Gasteiger partial charge in [0.05, 0.1) is 5.69 Å². The molecule has 0 aliphatic rings. The summed E-state index contributed by atoms with van der Waals surface area (Å²) in [6, 6.07) is 8.21. The fourth-order valence-corrected chi connectivity index (χ4v) is 1.32. The SMILES string of the molecule is Cc1ccnnc1-c1cccc(F)c1. The molecule has 0 aliphatic heterocycles. The van der Waals surface area contributed by atoms with E-state index in [0.29, 0.717) is 0 Å². The molecule has 1 heterocycles. The van der Waals surface area contributed by atoms with Gasteiger partial charge in [0, 0.05) is 11.8 Å². The van der Waals surface area contributed by atoms with Crippen molar-refractivity contribution in [3.8, 4) is 11.3 Å². The van der Waals surface area contributed by atoms with Crippen LogP contribution in [0.2, 0.25) is 0 Å². The van der Waals surface area contributed by atoms with Gasteiger partial charge >= 0.3 is 0 Å². The lowest BCUT2D eigenvalue weighted by atomic mass is 10.1. The van der Waals surface area contributed by atoms with Gasteiger partial charge in [0.15, 0.2) is 0 Å². The normalized spacial score (nSPS) is 10.1. The Balaban J connectivity index is 2.55. The molecular formula is C11H9FN2. The molecule has 0 aliphatic carbocycles. The maximum atomic E-state index is 12.9. The Hall–Kier alpha value is -1.77. The van der Waals surface area contributed by atoms with Crippen LogP contribution < -0.4 is 0 Å². The highest BCUT2D eigenvalue weighted by Gasteiger charge is 2.03. The van der Waals surface area contributed by atoms with Gasteiger partial charge < -0.3 is 0 Å². The lowest BCUT2D eigenvalue weighted by molar-refractivity contribution is 0.628. The van der Waals surface area contributed by atoms with Crippen LogP contribution in [-0.2, 0) is 0 Å². The predicted molar refractivity (Wildman–Crippen MR) is 52.2 cm³/mol. The van der Waals surface area contributed by atoms with Gasteiger partial charge in [-0.1, -0.05) is 12.1 Å². The highest BCUT2D eigenvalue weighted by molar-refractivity contribution is 5.61. The lowest BCUT2D eigenvalue weighted by Crippen LogP contribution is -1.90. The molecule has 0 N–H and O–H groups in total. The van der Waals surface area contributed by atoms with Crippen molar-refractivity contribution in [3.63, 3.8) is 0 Å². The van der Waals surface area contributed by atoms with E-state index in [1.807, 2.05) is 19.1 Å². The van der Waals surface area contributed by atoms with E-state index in [0.717, 1.165) is 16.8 Å². The summed E-state index contributed by atoms with van der Waals surface area (Å²) in [7, 11) is 0. The molecule has 3 heteroatoms. The fraction of sp³-hybridized carbons (Fsp3) is 0.0909. The van der Waals surface area contributed by atoms with Crippen LogP contribution in [0.4, 0.5) is 4.39 Å². The standard InChI is InChI=1S/C11H9FN2/c1-8-5-6-13-14-11(8)9-3-2-4-10(12)7-9/h2-7H,1H3. The maximum absolute atomic E-state index is 12.9. The van der Waals surface area contributed by atoms with Gasteiger partial charge in [-0.25, -0.2) is 4.39 Å². The van der Waals surface area contributed by atoms with Gasteiger partial charge in [-0.05, 0) is 30.7 Å². The molecule has 0 unspecified atom stereocenters. The van der Waals surface area contributed by atoms with Crippen molar-refractivity contribution in [3.05, 3.63) is 47.9 Å². The summed E-state index contributed by atoms with van der Waals surface area (Å²) in [5, 5.41) is 7.75. The van der Waals surface area contributed by atoms with Crippen molar-refractivity contribution in [2.24, 2.45) is 0 Å². The molecule has 0 bridgehead atoms. The number of halogens is 1. The molecular weight excluding hydrogens is 179 g/mol. The van der Waals surface area contributed by atoms with Gasteiger partial charge in [0.2, 0.25) is 0 Å². The molecule has 0 spiro atoms. The largest absolute Gasteiger partial charge is 0.207 e. The summed E-state index contributed by atoms with van der Waals surface area (Å²) in [6.07, 6.45) is 1.62. The van der Waals surface area contributed by atoms with E-state index in [1.54, 1.807) is 12.3 Å². The van der Waals surface area contributed by atoms with Crippen LogP contribution in [0.1, 0.15) is 5.56 Å². The molecule has 1 aromatic carbocycles. The molecule has 14 heavy (non-hydrogen) atoms. The first-order valence-electron chi connectivity index (χ1n) is 4.31.